The summed E-state index contributed by atoms with van der Waals surface area (Å²) in [6, 6.07) is 9.95. The van der Waals surface area contributed by atoms with Gasteiger partial charge in [-0.05, 0) is 54.4 Å². The van der Waals surface area contributed by atoms with Crippen molar-refractivity contribution in [2.45, 2.75) is 19.5 Å². The second-order valence-corrected chi connectivity index (χ2v) is 8.83. The molecule has 3 aromatic rings. The highest BCUT2D eigenvalue weighted by atomic mass is 35.5. The number of nitrogens with one attached hydrogen (secondary N) is 3. The average molecular weight is 560 g/mol. The van der Waals surface area contributed by atoms with E-state index in [0.717, 1.165) is 19.2 Å². The Kier molecular flexibility index (Phi) is 9.56. The first kappa shape index (κ1) is 29.1. The molecular formula is C27H24ClF2N3O6. The van der Waals surface area contributed by atoms with E-state index < -0.39 is 47.9 Å². The number of hydrogen-bond donors (Lipinski definition) is 4. The zero-order valence-corrected chi connectivity index (χ0v) is 21.6. The molecule has 1 atom stereocenters. The molecule has 4 N–H and O–H groups in total. The molecule has 9 nitrogen and oxygen atoms in total. The van der Waals surface area contributed by atoms with Gasteiger partial charge >= 0.3 is 5.97 Å². The normalized spacial score (nSPS) is 11.3. The monoisotopic (exact) mass is 559 g/mol. The van der Waals surface area contributed by atoms with Gasteiger partial charge in [-0.25, -0.2) is 13.6 Å². The fourth-order valence-corrected chi connectivity index (χ4v) is 4.01. The number of aryl methyl sites for hydroxylation is 1. The van der Waals surface area contributed by atoms with Crippen LogP contribution in [0.25, 0.3) is 0 Å². The van der Waals surface area contributed by atoms with Crippen molar-refractivity contribution in [3.8, 4) is 5.75 Å². The lowest BCUT2D eigenvalue weighted by Crippen LogP contribution is -2.49. The van der Waals surface area contributed by atoms with Gasteiger partial charge in [0.05, 0.1) is 17.7 Å². The van der Waals surface area contributed by atoms with Crippen molar-refractivity contribution in [3.05, 3.63) is 99.1 Å². The first-order chi connectivity index (χ1) is 18.5. The Morgan fingerprint density at radius 2 is 1.56 bits per heavy atom. The number of carbonyl (C=O) groups excluding carboxylic acids is 4. The highest BCUT2D eigenvalue weighted by Gasteiger charge is 2.26. The van der Waals surface area contributed by atoms with Crippen LogP contribution in [-0.2, 0) is 16.1 Å². The third-order valence-electron chi connectivity index (χ3n) is 5.52. The molecule has 0 fully saturated rings. The standard InChI is InChI=1S/C27H24ClF2N3O6/c1-14-6-16(24(35)31-12-15-4-3-5-20(34)7-15)10-21(28)23(14)26(37)33-22(27(38)39-2)13-32-25(36)17-8-18(29)11-19(30)9-17/h3-11,22,34H,12-13H2,1-2H3,(H,31,35)(H,32,36)(H,33,37)/t22-/m0/s1. The van der Waals surface area contributed by atoms with Crippen LogP contribution in [0.1, 0.15) is 42.2 Å². The number of phenols is 1. The molecule has 0 aliphatic heterocycles. The lowest BCUT2D eigenvalue weighted by molar-refractivity contribution is -0.142. The number of methoxy groups -OCH3 is 1. The van der Waals surface area contributed by atoms with Crippen LogP contribution in [-0.4, -0.2) is 48.5 Å². The number of halogens is 3. The molecule has 0 saturated carbocycles. The summed E-state index contributed by atoms with van der Waals surface area (Å²) in [5, 5.41) is 16.9. The van der Waals surface area contributed by atoms with Crippen LogP contribution in [0.15, 0.2) is 54.6 Å². The number of amides is 3. The Morgan fingerprint density at radius 3 is 2.18 bits per heavy atom. The third kappa shape index (κ3) is 7.74. The van der Waals surface area contributed by atoms with Crippen LogP contribution in [0, 0.1) is 18.6 Å². The van der Waals surface area contributed by atoms with Crippen LogP contribution in [0.2, 0.25) is 5.02 Å². The van der Waals surface area contributed by atoms with E-state index in [9.17, 15) is 33.1 Å². The molecule has 12 heteroatoms. The molecule has 0 spiro atoms. The highest BCUT2D eigenvalue weighted by Crippen LogP contribution is 2.23. The van der Waals surface area contributed by atoms with Crippen molar-refractivity contribution in [2.75, 3.05) is 13.7 Å². The molecule has 0 unspecified atom stereocenters. The van der Waals surface area contributed by atoms with Gasteiger partial charge in [0.25, 0.3) is 17.7 Å². The lowest BCUT2D eigenvalue weighted by Gasteiger charge is -2.19. The summed E-state index contributed by atoms with van der Waals surface area (Å²) >= 11 is 6.31. The first-order valence-corrected chi connectivity index (χ1v) is 11.9. The van der Waals surface area contributed by atoms with E-state index >= 15 is 0 Å². The molecule has 0 aromatic heterocycles. The summed E-state index contributed by atoms with van der Waals surface area (Å²) in [4.78, 5) is 50.2. The van der Waals surface area contributed by atoms with Gasteiger partial charge in [0, 0.05) is 30.3 Å². The number of phenolic OH excluding ortho intramolecular Hbond substituents is 1. The molecule has 0 radical (unpaired) electrons. The minimum atomic E-state index is -1.37. The number of esters is 1. The van der Waals surface area contributed by atoms with Crippen LogP contribution in [0.5, 0.6) is 5.75 Å². The van der Waals surface area contributed by atoms with Crippen molar-refractivity contribution >= 4 is 35.3 Å². The van der Waals surface area contributed by atoms with Gasteiger partial charge in [0.1, 0.15) is 23.4 Å². The smallest absolute Gasteiger partial charge is 0.330 e. The number of aromatic hydroxyl groups is 1. The Labute approximate surface area is 227 Å². The van der Waals surface area contributed by atoms with Gasteiger partial charge in [-0.1, -0.05) is 23.7 Å². The molecule has 0 aliphatic rings. The van der Waals surface area contributed by atoms with Crippen LogP contribution < -0.4 is 16.0 Å². The third-order valence-corrected chi connectivity index (χ3v) is 5.82. The van der Waals surface area contributed by atoms with E-state index in [1.807, 2.05) is 0 Å². The number of benzene rings is 3. The van der Waals surface area contributed by atoms with Crippen molar-refractivity contribution in [2.24, 2.45) is 0 Å². The van der Waals surface area contributed by atoms with Crippen LogP contribution in [0.4, 0.5) is 8.78 Å². The van der Waals surface area contributed by atoms with Crippen LogP contribution in [0.3, 0.4) is 0 Å². The van der Waals surface area contributed by atoms with Gasteiger partial charge < -0.3 is 25.8 Å². The number of carbonyl (C=O) groups is 4. The molecular weight excluding hydrogens is 536 g/mol. The number of rotatable bonds is 9. The van der Waals surface area contributed by atoms with Crippen LogP contribution >= 0.6 is 11.6 Å². The summed E-state index contributed by atoms with van der Waals surface area (Å²) in [6.45, 7) is 1.22. The lowest BCUT2D eigenvalue weighted by atomic mass is 10.0. The van der Waals surface area contributed by atoms with Crippen molar-refractivity contribution in [3.63, 3.8) is 0 Å². The topological polar surface area (TPSA) is 134 Å². The van der Waals surface area contributed by atoms with E-state index in [-0.39, 0.29) is 34.0 Å². The second kappa shape index (κ2) is 12.8. The van der Waals surface area contributed by atoms with Crippen molar-refractivity contribution < 1.29 is 37.8 Å². The minimum absolute atomic E-state index is 0.0198. The van der Waals surface area contributed by atoms with Gasteiger partial charge in [-0.3, -0.25) is 14.4 Å². The molecule has 39 heavy (non-hydrogen) atoms. The van der Waals surface area contributed by atoms with Gasteiger partial charge in [-0.2, -0.15) is 0 Å². The SMILES string of the molecule is COC(=O)[C@H](CNC(=O)c1cc(F)cc(F)c1)NC(=O)c1c(C)cc(C(=O)NCc2cccc(O)c2)cc1Cl. The van der Waals surface area contributed by atoms with E-state index in [2.05, 4.69) is 20.7 Å². The van der Waals surface area contributed by atoms with E-state index in [1.54, 1.807) is 19.1 Å². The summed E-state index contributed by atoms with van der Waals surface area (Å²) in [6.07, 6.45) is 0. The summed E-state index contributed by atoms with van der Waals surface area (Å²) < 4.78 is 31.5. The van der Waals surface area contributed by atoms with Gasteiger partial charge in [-0.15, -0.1) is 0 Å². The van der Waals surface area contributed by atoms with Gasteiger partial charge in [0.2, 0.25) is 0 Å². The maximum absolute atomic E-state index is 13.4. The van der Waals surface area contributed by atoms with E-state index in [1.165, 1.54) is 24.3 Å². The zero-order chi connectivity index (χ0) is 28.7. The van der Waals surface area contributed by atoms with Gasteiger partial charge in [0.15, 0.2) is 0 Å². The maximum Gasteiger partial charge on any atom is 0.330 e. The number of hydrogen-bond acceptors (Lipinski definition) is 6. The molecule has 204 valence electrons. The quantitative estimate of drug-likeness (QED) is 0.297. The molecule has 0 aliphatic carbocycles. The highest BCUT2D eigenvalue weighted by molar-refractivity contribution is 6.34. The molecule has 0 heterocycles. The van der Waals surface area contributed by atoms with E-state index in [4.69, 9.17) is 11.6 Å². The Morgan fingerprint density at radius 1 is 0.923 bits per heavy atom. The van der Waals surface area contributed by atoms with E-state index in [0.29, 0.717) is 17.2 Å². The Hall–Kier alpha value is -4.51. The van der Waals surface area contributed by atoms with Crippen molar-refractivity contribution in [1.82, 2.24) is 16.0 Å². The summed E-state index contributed by atoms with van der Waals surface area (Å²) in [5.41, 5.74) is 0.831. The molecule has 0 saturated heterocycles. The molecule has 3 rings (SSSR count). The predicted octanol–water partition coefficient (Wildman–Crippen LogP) is 3.26. The van der Waals surface area contributed by atoms with Crippen molar-refractivity contribution in [1.29, 1.82) is 0 Å². The fourth-order valence-electron chi connectivity index (χ4n) is 3.66. The molecule has 3 amide bonds. The maximum atomic E-state index is 13.4. The average Bonchev–Trinajstić information content (AvgIpc) is 2.88. The second-order valence-electron chi connectivity index (χ2n) is 8.42. The number of ether oxygens (including phenoxy) is 1. The minimum Gasteiger partial charge on any atom is -0.508 e. The zero-order valence-electron chi connectivity index (χ0n) is 20.8. The fraction of sp³-hybridized carbons (Fsp3) is 0.185. The summed E-state index contributed by atoms with van der Waals surface area (Å²) in [7, 11) is 1.08. The largest absolute Gasteiger partial charge is 0.508 e. The molecule has 3 aromatic carbocycles. The predicted molar refractivity (Wildman–Crippen MR) is 137 cm³/mol. The first-order valence-electron chi connectivity index (χ1n) is 11.5. The Balaban J connectivity index is 1.70. The molecule has 0 bridgehead atoms. The Bertz CT molecular complexity index is 1390. The summed E-state index contributed by atoms with van der Waals surface area (Å²) in [5.74, 6) is -4.90.